The molecule has 2 N–H and O–H groups in total. The summed E-state index contributed by atoms with van der Waals surface area (Å²) in [7, 11) is 0. The van der Waals surface area contributed by atoms with E-state index in [-0.39, 0.29) is 6.04 Å². The maximum absolute atomic E-state index is 4.26. The van der Waals surface area contributed by atoms with Crippen LogP contribution >= 0.6 is 0 Å². The Labute approximate surface area is 95.1 Å². The fraction of sp³-hybridized carbons (Fsp3) is 0.333. The Bertz CT molecular complexity index is 419. The third-order valence-electron chi connectivity index (χ3n) is 2.57. The van der Waals surface area contributed by atoms with Gasteiger partial charge in [0.1, 0.15) is 0 Å². The molecule has 16 heavy (non-hydrogen) atoms. The molecule has 2 rings (SSSR count). The van der Waals surface area contributed by atoms with E-state index in [4.69, 9.17) is 0 Å². The Morgan fingerprint density at radius 2 is 2.25 bits per heavy atom. The van der Waals surface area contributed by atoms with Gasteiger partial charge < -0.3 is 5.32 Å². The molecule has 0 amide bonds. The van der Waals surface area contributed by atoms with Crippen LogP contribution in [0.25, 0.3) is 0 Å². The second-order valence-electron chi connectivity index (χ2n) is 3.92. The number of aryl methyl sites for hydroxylation is 1. The van der Waals surface area contributed by atoms with Crippen LogP contribution in [-0.4, -0.2) is 15.2 Å². The minimum absolute atomic E-state index is 0.267. The Hall–Kier alpha value is -1.68. The van der Waals surface area contributed by atoms with Crippen molar-refractivity contribution in [1.82, 2.24) is 20.5 Å². The average Bonchev–Trinajstić information content (AvgIpc) is 2.81. The maximum atomic E-state index is 4.26. The summed E-state index contributed by atoms with van der Waals surface area (Å²) in [5.74, 6) is 0. The van der Waals surface area contributed by atoms with Crippen molar-refractivity contribution in [2.24, 2.45) is 0 Å². The van der Waals surface area contributed by atoms with Crippen molar-refractivity contribution in [2.75, 3.05) is 0 Å². The first-order valence-corrected chi connectivity index (χ1v) is 5.40. The molecule has 84 valence electrons. The van der Waals surface area contributed by atoms with Gasteiger partial charge in [0.25, 0.3) is 0 Å². The lowest BCUT2D eigenvalue weighted by atomic mass is 10.2. The third-order valence-corrected chi connectivity index (χ3v) is 2.57. The summed E-state index contributed by atoms with van der Waals surface area (Å²) < 4.78 is 0. The van der Waals surface area contributed by atoms with Crippen LogP contribution in [0.15, 0.2) is 30.6 Å². The van der Waals surface area contributed by atoms with Crippen LogP contribution in [0.2, 0.25) is 0 Å². The van der Waals surface area contributed by atoms with Gasteiger partial charge >= 0.3 is 0 Å². The van der Waals surface area contributed by atoms with Crippen LogP contribution in [-0.2, 0) is 6.54 Å². The van der Waals surface area contributed by atoms with Crippen LogP contribution in [0, 0.1) is 6.92 Å². The van der Waals surface area contributed by atoms with E-state index in [1.165, 1.54) is 5.56 Å². The van der Waals surface area contributed by atoms with Crippen molar-refractivity contribution < 1.29 is 0 Å². The Balaban J connectivity index is 1.90. The molecule has 4 heteroatoms. The molecule has 0 aromatic carbocycles. The SMILES string of the molecule is Cc1ccc(CNC(C)c2ccn[nH]2)cn1. The van der Waals surface area contributed by atoms with E-state index in [0.29, 0.717) is 0 Å². The first-order valence-electron chi connectivity index (χ1n) is 5.40. The molecule has 0 aliphatic rings. The van der Waals surface area contributed by atoms with Gasteiger partial charge in [-0.1, -0.05) is 6.07 Å². The summed E-state index contributed by atoms with van der Waals surface area (Å²) >= 11 is 0. The fourth-order valence-electron chi connectivity index (χ4n) is 1.49. The average molecular weight is 216 g/mol. The van der Waals surface area contributed by atoms with E-state index >= 15 is 0 Å². The quantitative estimate of drug-likeness (QED) is 0.821. The summed E-state index contributed by atoms with van der Waals surface area (Å²) in [6, 6.07) is 6.36. The van der Waals surface area contributed by atoms with Gasteiger partial charge in [0, 0.05) is 30.7 Å². The number of nitrogens with one attached hydrogen (secondary N) is 2. The smallest absolute Gasteiger partial charge is 0.0518 e. The highest BCUT2D eigenvalue weighted by Crippen LogP contribution is 2.08. The molecule has 1 unspecified atom stereocenters. The van der Waals surface area contributed by atoms with Gasteiger partial charge in [-0.3, -0.25) is 10.1 Å². The van der Waals surface area contributed by atoms with E-state index in [1.54, 1.807) is 6.20 Å². The van der Waals surface area contributed by atoms with Crippen molar-refractivity contribution in [2.45, 2.75) is 26.4 Å². The zero-order valence-electron chi connectivity index (χ0n) is 9.57. The van der Waals surface area contributed by atoms with Crippen molar-refractivity contribution in [1.29, 1.82) is 0 Å². The number of hydrogen-bond acceptors (Lipinski definition) is 3. The van der Waals surface area contributed by atoms with Crippen LogP contribution in [0.3, 0.4) is 0 Å². The zero-order chi connectivity index (χ0) is 11.4. The van der Waals surface area contributed by atoms with Gasteiger partial charge in [0.05, 0.1) is 5.69 Å². The molecule has 2 aromatic heterocycles. The van der Waals surface area contributed by atoms with Crippen molar-refractivity contribution in [3.8, 4) is 0 Å². The molecule has 0 fully saturated rings. The molecule has 0 radical (unpaired) electrons. The normalized spacial score (nSPS) is 12.6. The third kappa shape index (κ3) is 2.67. The number of H-pyrrole nitrogens is 1. The van der Waals surface area contributed by atoms with Gasteiger partial charge in [-0.2, -0.15) is 5.10 Å². The Morgan fingerprint density at radius 1 is 1.38 bits per heavy atom. The lowest BCUT2D eigenvalue weighted by Gasteiger charge is -2.11. The van der Waals surface area contributed by atoms with E-state index < -0.39 is 0 Å². The molecule has 0 bridgehead atoms. The molecule has 0 aliphatic heterocycles. The van der Waals surface area contributed by atoms with Gasteiger partial charge in [-0.25, -0.2) is 0 Å². The lowest BCUT2D eigenvalue weighted by Crippen LogP contribution is -2.18. The fourth-order valence-corrected chi connectivity index (χ4v) is 1.49. The topological polar surface area (TPSA) is 53.6 Å². The molecule has 0 spiro atoms. The number of aromatic amines is 1. The van der Waals surface area contributed by atoms with Gasteiger partial charge in [0.2, 0.25) is 0 Å². The summed E-state index contributed by atoms with van der Waals surface area (Å²) in [4.78, 5) is 4.26. The van der Waals surface area contributed by atoms with Gasteiger partial charge in [-0.15, -0.1) is 0 Å². The van der Waals surface area contributed by atoms with Crippen LogP contribution < -0.4 is 5.32 Å². The summed E-state index contributed by atoms with van der Waals surface area (Å²) in [5.41, 5.74) is 3.34. The monoisotopic (exact) mass is 216 g/mol. The second kappa shape index (κ2) is 4.90. The van der Waals surface area contributed by atoms with Crippen LogP contribution in [0.4, 0.5) is 0 Å². The van der Waals surface area contributed by atoms with Gasteiger partial charge in [0.15, 0.2) is 0 Å². The zero-order valence-corrected chi connectivity index (χ0v) is 9.57. The minimum atomic E-state index is 0.267. The number of aromatic nitrogens is 3. The molecule has 0 saturated carbocycles. The highest BCUT2D eigenvalue weighted by Gasteiger charge is 2.05. The highest BCUT2D eigenvalue weighted by molar-refractivity contribution is 5.13. The number of nitrogens with zero attached hydrogens (tertiary/aromatic N) is 2. The maximum Gasteiger partial charge on any atom is 0.0518 e. The first-order chi connectivity index (χ1) is 7.75. The highest BCUT2D eigenvalue weighted by atomic mass is 15.1. The predicted octanol–water partition coefficient (Wildman–Crippen LogP) is 1.96. The molecule has 4 nitrogen and oxygen atoms in total. The molecule has 0 saturated heterocycles. The Morgan fingerprint density at radius 3 is 2.88 bits per heavy atom. The number of pyridine rings is 1. The van der Waals surface area contributed by atoms with E-state index in [1.807, 2.05) is 25.3 Å². The molecule has 1 atom stereocenters. The van der Waals surface area contributed by atoms with Crippen molar-refractivity contribution >= 4 is 0 Å². The van der Waals surface area contributed by atoms with Crippen LogP contribution in [0.1, 0.15) is 29.9 Å². The largest absolute Gasteiger partial charge is 0.305 e. The minimum Gasteiger partial charge on any atom is -0.305 e. The summed E-state index contributed by atoms with van der Waals surface area (Å²) in [6.07, 6.45) is 3.67. The van der Waals surface area contributed by atoms with E-state index in [9.17, 15) is 0 Å². The first kappa shape index (κ1) is 10.8. The van der Waals surface area contributed by atoms with Crippen molar-refractivity contribution in [3.05, 3.63) is 47.5 Å². The molecular formula is C12H16N4. The number of rotatable bonds is 4. The van der Waals surface area contributed by atoms with Crippen LogP contribution in [0.5, 0.6) is 0 Å². The summed E-state index contributed by atoms with van der Waals surface area (Å²) in [5, 5.41) is 10.3. The second-order valence-corrected chi connectivity index (χ2v) is 3.92. The molecular weight excluding hydrogens is 200 g/mol. The molecule has 2 aromatic rings. The standard InChI is InChI=1S/C12H16N4/c1-9-3-4-11(7-13-9)8-14-10(2)12-5-6-15-16-12/h3-7,10,14H,8H2,1-2H3,(H,15,16). The molecule has 0 aliphatic carbocycles. The summed E-state index contributed by atoms with van der Waals surface area (Å²) in [6.45, 7) is 4.91. The van der Waals surface area contributed by atoms with E-state index in [2.05, 4.69) is 33.5 Å². The lowest BCUT2D eigenvalue weighted by molar-refractivity contribution is 0.559. The van der Waals surface area contributed by atoms with Gasteiger partial charge in [-0.05, 0) is 31.5 Å². The number of hydrogen-bond donors (Lipinski definition) is 2. The Kier molecular flexibility index (Phi) is 3.31. The molecule has 2 heterocycles. The van der Waals surface area contributed by atoms with E-state index in [0.717, 1.165) is 17.9 Å². The van der Waals surface area contributed by atoms with Crippen molar-refractivity contribution in [3.63, 3.8) is 0 Å². The predicted molar refractivity (Wildman–Crippen MR) is 62.8 cm³/mol.